The summed E-state index contributed by atoms with van der Waals surface area (Å²) in [6.07, 6.45) is 8.54. The molecule has 3 fully saturated rings. The second-order valence-electron chi connectivity index (χ2n) is 9.21. The number of phenolic OH excluding ortho intramolecular Hbond substituents is 1. The van der Waals surface area contributed by atoms with Crippen molar-refractivity contribution in [2.24, 2.45) is 11.8 Å². The number of Topliss-reactive ketones (excluding diaryl/α,β-unsaturated/α-hetero) is 1. The lowest BCUT2D eigenvalue weighted by molar-refractivity contribution is -0.127. The molecule has 3 nitrogen and oxygen atoms in total. The van der Waals surface area contributed by atoms with Crippen LogP contribution in [0.5, 0.6) is 5.75 Å². The Kier molecular flexibility index (Phi) is 4.02. The first-order chi connectivity index (χ1) is 12.5. The molecule has 2 bridgehead atoms. The minimum absolute atomic E-state index is 0.137. The van der Waals surface area contributed by atoms with Gasteiger partial charge < -0.3 is 5.11 Å². The Labute approximate surface area is 164 Å². The van der Waals surface area contributed by atoms with Gasteiger partial charge in [-0.3, -0.25) is 9.69 Å². The van der Waals surface area contributed by atoms with Crippen molar-refractivity contribution < 1.29 is 9.90 Å². The van der Waals surface area contributed by atoms with Crippen LogP contribution in [0.1, 0.15) is 61.6 Å². The van der Waals surface area contributed by atoms with Gasteiger partial charge in [0.25, 0.3) is 0 Å². The molecule has 2 saturated carbocycles. The molecule has 1 saturated heterocycles. The second kappa shape index (κ2) is 6.07. The number of rotatable bonds is 2. The summed E-state index contributed by atoms with van der Waals surface area (Å²) in [5.74, 6) is 2.23. The van der Waals surface area contributed by atoms with Crippen molar-refractivity contribution in [1.82, 2.24) is 4.90 Å². The van der Waals surface area contributed by atoms with Gasteiger partial charge in [-0.25, -0.2) is 0 Å². The Morgan fingerprint density at radius 1 is 1.35 bits per heavy atom. The SMILES string of the molecule is Cc1cc(Br)c2c(c1O)C13CCN(CC4CCC4)C(C2)C1CCC(=O)C3. The van der Waals surface area contributed by atoms with E-state index in [9.17, 15) is 9.90 Å². The number of fused-ring (bicyclic) bond motifs is 1. The molecule has 1 heterocycles. The van der Waals surface area contributed by atoms with Gasteiger partial charge in [0, 0.05) is 40.9 Å². The summed E-state index contributed by atoms with van der Waals surface area (Å²) in [6.45, 7) is 4.29. The number of hydrogen-bond acceptors (Lipinski definition) is 3. The number of aromatic hydroxyl groups is 1. The predicted molar refractivity (Wildman–Crippen MR) is 106 cm³/mol. The zero-order valence-electron chi connectivity index (χ0n) is 15.6. The van der Waals surface area contributed by atoms with E-state index in [2.05, 4.69) is 26.9 Å². The maximum atomic E-state index is 12.5. The topological polar surface area (TPSA) is 40.5 Å². The molecule has 140 valence electrons. The first-order valence-corrected chi connectivity index (χ1v) is 11.1. The molecule has 3 aliphatic carbocycles. The standard InChI is InChI=1S/C22H28BrNO2/c1-13-9-18(23)16-10-19-17-6-5-15(25)11-22(17,20(16)21(13)26)7-8-24(19)12-14-3-2-4-14/h9,14,17,19,26H,2-8,10-12H2,1H3. The van der Waals surface area contributed by atoms with Crippen LogP contribution < -0.4 is 0 Å². The van der Waals surface area contributed by atoms with Crippen LogP contribution in [0.2, 0.25) is 0 Å². The zero-order chi connectivity index (χ0) is 18.1. The van der Waals surface area contributed by atoms with E-state index in [-0.39, 0.29) is 5.41 Å². The molecule has 3 unspecified atom stereocenters. The Balaban J connectivity index is 1.63. The van der Waals surface area contributed by atoms with Crippen LogP contribution in [0.25, 0.3) is 0 Å². The van der Waals surface area contributed by atoms with Gasteiger partial charge in [-0.15, -0.1) is 0 Å². The highest BCUT2D eigenvalue weighted by molar-refractivity contribution is 9.10. The van der Waals surface area contributed by atoms with Gasteiger partial charge >= 0.3 is 0 Å². The minimum Gasteiger partial charge on any atom is -0.507 e. The summed E-state index contributed by atoms with van der Waals surface area (Å²) in [4.78, 5) is 15.3. The number of nitrogens with zero attached hydrogens (tertiary/aromatic N) is 1. The maximum absolute atomic E-state index is 12.5. The number of carbonyl (C=O) groups excluding carboxylic acids is 1. The number of halogens is 1. The molecule has 1 aliphatic heterocycles. The highest BCUT2D eigenvalue weighted by atomic mass is 79.9. The molecular weight excluding hydrogens is 390 g/mol. The lowest BCUT2D eigenvalue weighted by Crippen LogP contribution is -2.62. The van der Waals surface area contributed by atoms with Crippen LogP contribution in [0, 0.1) is 18.8 Å². The van der Waals surface area contributed by atoms with E-state index >= 15 is 0 Å². The van der Waals surface area contributed by atoms with Crippen molar-refractivity contribution in [2.75, 3.05) is 13.1 Å². The summed E-state index contributed by atoms with van der Waals surface area (Å²) >= 11 is 3.78. The monoisotopic (exact) mass is 417 g/mol. The summed E-state index contributed by atoms with van der Waals surface area (Å²) < 4.78 is 1.12. The molecule has 3 atom stereocenters. The molecular formula is C22H28BrNO2. The molecule has 4 aliphatic rings. The third kappa shape index (κ3) is 2.37. The van der Waals surface area contributed by atoms with Crippen molar-refractivity contribution >= 4 is 21.7 Å². The molecule has 4 heteroatoms. The quantitative estimate of drug-likeness (QED) is 0.769. The Bertz CT molecular complexity index is 772. The molecule has 0 radical (unpaired) electrons. The lowest BCUT2D eigenvalue weighted by Gasteiger charge is -2.59. The number of phenols is 1. The molecule has 1 aromatic rings. The van der Waals surface area contributed by atoms with Crippen molar-refractivity contribution in [3.63, 3.8) is 0 Å². The van der Waals surface area contributed by atoms with Crippen LogP contribution in [0.4, 0.5) is 0 Å². The van der Waals surface area contributed by atoms with Gasteiger partial charge in [0.2, 0.25) is 0 Å². The summed E-state index contributed by atoms with van der Waals surface area (Å²) in [5.41, 5.74) is 3.17. The van der Waals surface area contributed by atoms with E-state index in [1.165, 1.54) is 31.4 Å². The Morgan fingerprint density at radius 3 is 2.88 bits per heavy atom. The Morgan fingerprint density at radius 2 is 2.15 bits per heavy atom. The van der Waals surface area contributed by atoms with Crippen LogP contribution in [0.3, 0.4) is 0 Å². The van der Waals surface area contributed by atoms with Crippen LogP contribution in [-0.4, -0.2) is 34.9 Å². The van der Waals surface area contributed by atoms with E-state index < -0.39 is 0 Å². The maximum Gasteiger partial charge on any atom is 0.133 e. The van der Waals surface area contributed by atoms with E-state index in [1.807, 2.05) is 6.92 Å². The minimum atomic E-state index is -0.137. The molecule has 26 heavy (non-hydrogen) atoms. The first kappa shape index (κ1) is 17.2. The zero-order valence-corrected chi connectivity index (χ0v) is 17.1. The normalized spacial score (nSPS) is 34.2. The van der Waals surface area contributed by atoms with Crippen LogP contribution in [-0.2, 0) is 16.6 Å². The molecule has 1 aromatic carbocycles. The van der Waals surface area contributed by atoms with Gasteiger partial charge in [0.15, 0.2) is 0 Å². The van der Waals surface area contributed by atoms with Gasteiger partial charge in [0.1, 0.15) is 11.5 Å². The molecule has 1 N–H and O–H groups in total. The number of likely N-dealkylation sites (tertiary alicyclic amines) is 1. The van der Waals surface area contributed by atoms with Crippen molar-refractivity contribution in [2.45, 2.75) is 69.7 Å². The smallest absolute Gasteiger partial charge is 0.133 e. The predicted octanol–water partition coefficient (Wildman–Crippen LogP) is 4.50. The third-order valence-electron chi connectivity index (χ3n) is 7.91. The van der Waals surface area contributed by atoms with E-state index in [1.54, 1.807) is 0 Å². The van der Waals surface area contributed by atoms with Gasteiger partial charge in [0.05, 0.1) is 0 Å². The highest BCUT2D eigenvalue weighted by Gasteiger charge is 2.57. The van der Waals surface area contributed by atoms with E-state index in [0.717, 1.165) is 53.7 Å². The number of ketones is 1. The molecule has 5 rings (SSSR count). The fourth-order valence-electron chi connectivity index (χ4n) is 6.42. The first-order valence-electron chi connectivity index (χ1n) is 10.3. The Hall–Kier alpha value is -0.870. The highest BCUT2D eigenvalue weighted by Crippen LogP contribution is 2.58. The molecule has 0 spiro atoms. The van der Waals surface area contributed by atoms with Gasteiger partial charge in [-0.2, -0.15) is 0 Å². The van der Waals surface area contributed by atoms with Crippen molar-refractivity contribution in [3.8, 4) is 5.75 Å². The van der Waals surface area contributed by atoms with Crippen LogP contribution >= 0.6 is 15.9 Å². The molecule has 0 amide bonds. The second-order valence-corrected chi connectivity index (χ2v) is 10.1. The number of piperidine rings is 1. The average Bonchev–Trinajstić information content (AvgIpc) is 2.56. The summed E-state index contributed by atoms with van der Waals surface area (Å²) in [6, 6.07) is 2.59. The van der Waals surface area contributed by atoms with E-state index in [0.29, 0.717) is 29.9 Å². The van der Waals surface area contributed by atoms with Crippen LogP contribution in [0.15, 0.2) is 10.5 Å². The van der Waals surface area contributed by atoms with Crippen molar-refractivity contribution in [3.05, 3.63) is 27.2 Å². The third-order valence-corrected chi connectivity index (χ3v) is 8.61. The fraction of sp³-hybridized carbons (Fsp3) is 0.682. The molecule has 0 aromatic heterocycles. The van der Waals surface area contributed by atoms with Gasteiger partial charge in [-0.05, 0) is 74.6 Å². The van der Waals surface area contributed by atoms with Crippen molar-refractivity contribution in [1.29, 1.82) is 0 Å². The number of aryl methyl sites for hydroxylation is 1. The fourth-order valence-corrected chi connectivity index (χ4v) is 7.12. The number of benzene rings is 1. The number of carbonyl (C=O) groups is 1. The number of hydrogen-bond donors (Lipinski definition) is 1. The lowest BCUT2D eigenvalue weighted by atomic mass is 9.51. The summed E-state index contributed by atoms with van der Waals surface area (Å²) in [5, 5.41) is 11.0. The summed E-state index contributed by atoms with van der Waals surface area (Å²) in [7, 11) is 0. The van der Waals surface area contributed by atoms with Gasteiger partial charge in [-0.1, -0.05) is 22.4 Å². The van der Waals surface area contributed by atoms with E-state index in [4.69, 9.17) is 0 Å². The largest absolute Gasteiger partial charge is 0.507 e. The average molecular weight is 418 g/mol.